The number of alkyl halides is 6. The minimum atomic E-state index is -4.56. The van der Waals surface area contributed by atoms with Crippen LogP contribution in [0.25, 0.3) is 0 Å². The highest BCUT2D eigenvalue weighted by atomic mass is 19.4. The number of halogens is 8. The van der Waals surface area contributed by atoms with E-state index in [9.17, 15) is 63.9 Å². The molecule has 0 aromatic heterocycles. The summed E-state index contributed by atoms with van der Waals surface area (Å²) in [6.45, 7) is 9.86. The minimum Gasteiger partial charge on any atom is -0.460 e. The maximum absolute atomic E-state index is 14.8. The Balaban J connectivity index is 0.000000236. The summed E-state index contributed by atoms with van der Waals surface area (Å²) in [7, 11) is 0. The molecule has 82 heavy (non-hydrogen) atoms. The van der Waals surface area contributed by atoms with Gasteiger partial charge in [0.2, 0.25) is 11.8 Å². The van der Waals surface area contributed by atoms with Crippen molar-refractivity contribution in [2.45, 2.75) is 154 Å². The number of nitrogens with one attached hydrogen (secondary N) is 2. The number of esters is 2. The van der Waals surface area contributed by atoms with Crippen molar-refractivity contribution in [3.05, 3.63) is 142 Å². The summed E-state index contributed by atoms with van der Waals surface area (Å²) in [6.07, 6.45) is -13.1. The van der Waals surface area contributed by atoms with Crippen LogP contribution in [0.4, 0.5) is 35.1 Å². The quantitative estimate of drug-likeness (QED) is 0.0733. The van der Waals surface area contributed by atoms with E-state index in [1.165, 1.54) is 24.3 Å². The van der Waals surface area contributed by atoms with Crippen molar-refractivity contribution in [2.24, 2.45) is 45.5 Å². The highest BCUT2D eigenvalue weighted by molar-refractivity contribution is 6.17. The van der Waals surface area contributed by atoms with Crippen molar-refractivity contribution in [2.75, 3.05) is 0 Å². The van der Waals surface area contributed by atoms with Gasteiger partial charge in [0.15, 0.2) is 23.9 Å². The molecule has 2 N–H and O–H groups in total. The highest BCUT2D eigenvalue weighted by Crippen LogP contribution is 2.42. The predicted molar refractivity (Wildman–Crippen MR) is 289 cm³/mol. The Morgan fingerprint density at radius 3 is 1.16 bits per heavy atom. The highest BCUT2D eigenvalue weighted by Gasteiger charge is 2.45. The number of benzene rings is 4. The molecule has 0 bridgehead atoms. The lowest BCUT2D eigenvalue weighted by molar-refractivity contribution is -0.167. The minimum absolute atomic E-state index is 0.105. The molecule has 2 heterocycles. The van der Waals surface area contributed by atoms with Gasteiger partial charge in [0.05, 0.1) is 35.1 Å². The molecule has 0 spiro atoms. The van der Waals surface area contributed by atoms with Crippen LogP contribution in [0.15, 0.2) is 107 Å². The van der Waals surface area contributed by atoms with Crippen molar-refractivity contribution < 1.29 is 73.4 Å². The van der Waals surface area contributed by atoms with Gasteiger partial charge in [-0.05, 0) is 91.2 Å². The normalized spacial score (nSPS) is 19.0. The first-order valence-electron chi connectivity index (χ1n) is 27.5. The van der Waals surface area contributed by atoms with Gasteiger partial charge < -0.3 is 20.1 Å². The van der Waals surface area contributed by atoms with Crippen LogP contribution in [0, 0.1) is 47.1 Å². The first kappa shape index (κ1) is 62.5. The van der Waals surface area contributed by atoms with Crippen molar-refractivity contribution in [1.29, 1.82) is 0 Å². The van der Waals surface area contributed by atoms with Crippen molar-refractivity contribution in [3.63, 3.8) is 0 Å². The van der Waals surface area contributed by atoms with E-state index in [0.29, 0.717) is 22.3 Å². The standard InChI is InChI=1S/2C31H34F4N2O4/c2*1-30(2,3)41-29(40)23(16-18-12-13-18)21(14-15-31(33,34)35)28(39)37-27-25(38)17-22-20(10-7-11-24(22)32)26(36-27)19-8-5-4-6-9-19/h2*4-11,18,21,23,27H,12-17H2,1-3H3,(H,37,39)/t21-,23+,27+;21-,23+,27-/m11/s1. The molecule has 0 saturated heterocycles. The summed E-state index contributed by atoms with van der Waals surface area (Å²) in [5.41, 5.74) is 0.860. The number of hydrogen-bond acceptors (Lipinski definition) is 10. The molecule has 2 amide bonds. The summed E-state index contributed by atoms with van der Waals surface area (Å²) in [5.74, 6) is -10.6. The van der Waals surface area contributed by atoms with Gasteiger partial charge in [-0.1, -0.05) is 111 Å². The lowest BCUT2D eigenvalue weighted by Gasteiger charge is -2.29. The molecule has 0 unspecified atom stereocenters. The number of Topliss-reactive ketones (excluding diaryl/α,β-unsaturated/α-hetero) is 2. The Morgan fingerprint density at radius 1 is 0.512 bits per heavy atom. The average molecular weight is 1150 g/mol. The van der Waals surface area contributed by atoms with Crippen LogP contribution in [0.2, 0.25) is 0 Å². The van der Waals surface area contributed by atoms with Crippen molar-refractivity contribution >= 4 is 46.7 Å². The van der Waals surface area contributed by atoms with Crippen LogP contribution in [-0.2, 0) is 51.1 Å². The van der Waals surface area contributed by atoms with E-state index in [0.717, 1.165) is 25.7 Å². The summed E-state index contributed by atoms with van der Waals surface area (Å²) < 4.78 is 121. The molecule has 2 aliphatic carbocycles. The first-order chi connectivity index (χ1) is 38.4. The van der Waals surface area contributed by atoms with Crippen LogP contribution in [0.1, 0.15) is 139 Å². The Bertz CT molecular complexity index is 2830. The SMILES string of the molecule is CC(C)(C)OC(=O)[C@@H](CC1CC1)[C@@H](CCC(F)(F)F)C(=O)N[C@@H]1N=C(c2ccccc2)c2cccc(F)c2CC1=O.CC(C)(C)OC(=O)[C@@H](CC1CC1)[C@@H](CCC(F)(F)F)C(=O)N[C@H]1N=C(c2ccccc2)c2cccc(F)c2CC1=O. The second-order valence-electron chi connectivity index (χ2n) is 23.5. The van der Waals surface area contributed by atoms with E-state index in [4.69, 9.17) is 9.47 Å². The Labute approximate surface area is 471 Å². The average Bonchev–Trinajstić information content (AvgIpc) is 4.46. The summed E-state index contributed by atoms with van der Waals surface area (Å²) in [6, 6.07) is 26.1. The fourth-order valence-electron chi connectivity index (χ4n) is 10.1. The number of carbonyl (C=O) groups excluding carboxylic acids is 6. The molecule has 0 radical (unpaired) electrons. The van der Waals surface area contributed by atoms with E-state index in [1.807, 2.05) is 0 Å². The third kappa shape index (κ3) is 17.9. The largest absolute Gasteiger partial charge is 0.460 e. The van der Waals surface area contributed by atoms with Gasteiger partial charge in [-0.3, -0.25) is 38.8 Å². The van der Waals surface area contributed by atoms with Crippen LogP contribution < -0.4 is 10.6 Å². The summed E-state index contributed by atoms with van der Waals surface area (Å²) in [4.78, 5) is 89.4. The smallest absolute Gasteiger partial charge is 0.389 e. The van der Waals surface area contributed by atoms with E-state index >= 15 is 0 Å². The van der Waals surface area contributed by atoms with E-state index in [2.05, 4.69) is 20.6 Å². The van der Waals surface area contributed by atoms with Gasteiger partial charge in [0.1, 0.15) is 22.8 Å². The fraction of sp³-hybridized carbons (Fsp3) is 0.484. The number of ether oxygens (including phenoxy) is 2. The Hall–Kier alpha value is -7.12. The number of aliphatic imine (C=N–C) groups is 2. The molecule has 6 atom stereocenters. The van der Waals surface area contributed by atoms with Crippen molar-refractivity contribution in [1.82, 2.24) is 10.6 Å². The predicted octanol–water partition coefficient (Wildman–Crippen LogP) is 11.9. The van der Waals surface area contributed by atoms with Gasteiger partial charge in [0, 0.05) is 59.1 Å². The zero-order valence-corrected chi connectivity index (χ0v) is 46.5. The monoisotopic (exact) mass is 1150 g/mol. The lowest BCUT2D eigenvalue weighted by Crippen LogP contribution is -2.47. The maximum atomic E-state index is 14.8. The number of fused-ring (bicyclic) bond motifs is 2. The third-order valence-electron chi connectivity index (χ3n) is 14.3. The second kappa shape index (κ2) is 26.0. The van der Waals surface area contributed by atoms with Crippen LogP contribution >= 0.6 is 0 Å². The van der Waals surface area contributed by atoms with Crippen LogP contribution in [0.5, 0.6) is 0 Å². The van der Waals surface area contributed by atoms with Gasteiger partial charge in [0.25, 0.3) is 0 Å². The van der Waals surface area contributed by atoms with Gasteiger partial charge in [-0.2, -0.15) is 26.3 Å². The molecule has 2 fully saturated rings. The molecule has 8 rings (SSSR count). The van der Waals surface area contributed by atoms with E-state index in [1.54, 1.807) is 114 Å². The number of nitrogens with zero attached hydrogens (tertiary/aromatic N) is 2. The number of ketones is 2. The fourth-order valence-corrected chi connectivity index (χ4v) is 10.1. The number of hydrogen-bond donors (Lipinski definition) is 2. The van der Waals surface area contributed by atoms with Gasteiger partial charge >= 0.3 is 24.3 Å². The molecule has 4 aromatic rings. The molecule has 440 valence electrons. The lowest BCUT2D eigenvalue weighted by atomic mass is 9.83. The molecular formula is C62H68F8N4O8. The summed E-state index contributed by atoms with van der Waals surface area (Å²) in [5, 5.41) is 5.03. The molecule has 2 aliphatic heterocycles. The number of rotatable bonds is 18. The molecule has 20 heteroatoms. The van der Waals surface area contributed by atoms with Gasteiger partial charge in [-0.25, -0.2) is 8.78 Å². The van der Waals surface area contributed by atoms with Crippen molar-refractivity contribution in [3.8, 4) is 0 Å². The number of amides is 2. The number of carbonyl (C=O) groups is 6. The first-order valence-corrected chi connectivity index (χ1v) is 27.5. The second-order valence-corrected chi connectivity index (χ2v) is 23.5. The zero-order chi connectivity index (χ0) is 59.9. The molecule has 4 aliphatic rings. The summed E-state index contributed by atoms with van der Waals surface area (Å²) >= 11 is 0. The molecule has 2 saturated carbocycles. The topological polar surface area (TPSA) is 170 Å². The molecular weight excluding hydrogens is 1080 g/mol. The molecule has 4 aromatic carbocycles. The van der Waals surface area contributed by atoms with Crippen LogP contribution in [-0.4, -0.2) is 82.6 Å². The Kier molecular flexibility index (Phi) is 19.8. The van der Waals surface area contributed by atoms with Gasteiger partial charge in [-0.15, -0.1) is 0 Å². The third-order valence-corrected chi connectivity index (χ3v) is 14.3. The molecule has 12 nitrogen and oxygen atoms in total. The Morgan fingerprint density at radius 2 is 0.854 bits per heavy atom. The zero-order valence-electron chi connectivity index (χ0n) is 46.5. The van der Waals surface area contributed by atoms with E-state index < -0.39 is 132 Å². The van der Waals surface area contributed by atoms with Crippen LogP contribution in [0.3, 0.4) is 0 Å². The van der Waals surface area contributed by atoms with E-state index in [-0.39, 0.29) is 60.1 Å². The maximum Gasteiger partial charge on any atom is 0.389 e.